The fourth-order valence-electron chi connectivity index (χ4n) is 4.15. The molecule has 0 radical (unpaired) electrons. The lowest BCUT2D eigenvalue weighted by Crippen LogP contribution is -2.47. The number of aryl methyl sites for hydroxylation is 1. The number of nitrogens with zero attached hydrogens (tertiary/aromatic N) is 2. The minimum absolute atomic E-state index is 0.323. The summed E-state index contributed by atoms with van der Waals surface area (Å²) in [6, 6.07) is 9.06. The van der Waals surface area contributed by atoms with Gasteiger partial charge < -0.3 is 19.7 Å². The van der Waals surface area contributed by atoms with Crippen molar-refractivity contribution in [1.29, 1.82) is 0 Å². The first kappa shape index (κ1) is 22.1. The first-order valence-corrected chi connectivity index (χ1v) is 11.4. The molecule has 2 heterocycles. The molecular formula is C24H39N3O2. The first-order valence-electron chi connectivity index (χ1n) is 11.4. The minimum atomic E-state index is 0.323. The predicted molar refractivity (Wildman–Crippen MR) is 120 cm³/mol. The molecule has 2 fully saturated rings. The number of nitrogens with one attached hydrogen (secondary N) is 1. The second-order valence-corrected chi connectivity index (χ2v) is 8.63. The Kier molecular flexibility index (Phi) is 8.81. The molecule has 2 saturated heterocycles. The second kappa shape index (κ2) is 11.6. The van der Waals surface area contributed by atoms with Crippen molar-refractivity contribution in [3.63, 3.8) is 0 Å². The number of benzene rings is 1. The zero-order valence-electron chi connectivity index (χ0n) is 18.5. The van der Waals surface area contributed by atoms with Gasteiger partial charge in [-0.2, -0.15) is 0 Å². The number of hydrogen-bond donors (Lipinski definition) is 1. The van der Waals surface area contributed by atoms with E-state index in [4.69, 9.17) is 9.47 Å². The van der Waals surface area contributed by atoms with Gasteiger partial charge in [-0.15, -0.1) is 0 Å². The van der Waals surface area contributed by atoms with Crippen LogP contribution in [0.2, 0.25) is 0 Å². The van der Waals surface area contributed by atoms with E-state index < -0.39 is 0 Å². The van der Waals surface area contributed by atoms with Gasteiger partial charge in [0, 0.05) is 33.3 Å². The maximum atomic E-state index is 6.09. The van der Waals surface area contributed by atoms with Gasteiger partial charge in [0.1, 0.15) is 0 Å². The maximum Gasteiger partial charge on any atom is 0.193 e. The van der Waals surface area contributed by atoms with E-state index in [9.17, 15) is 0 Å². The molecule has 1 aromatic rings. The van der Waals surface area contributed by atoms with Gasteiger partial charge in [-0.3, -0.25) is 4.99 Å². The van der Waals surface area contributed by atoms with E-state index in [2.05, 4.69) is 53.3 Å². The van der Waals surface area contributed by atoms with E-state index in [1.807, 2.05) is 7.05 Å². The standard InChI is InChI=1S/C24H39N3O2/c1-19(2)21-10-8-20(9-11-21)6-4-14-26-24(25-3)27-15-12-22(13-16-27)29-18-23-7-5-17-28-23/h8-11,19,22-23H,4-7,12-18H2,1-3H3,(H,25,26). The average molecular weight is 402 g/mol. The van der Waals surface area contributed by atoms with Crippen LogP contribution in [0.1, 0.15) is 63.0 Å². The normalized spacial score (nSPS) is 21.2. The Morgan fingerprint density at radius 1 is 1.21 bits per heavy atom. The molecule has 1 N–H and O–H groups in total. The molecule has 162 valence electrons. The Bertz CT molecular complexity index is 616. The predicted octanol–water partition coefficient (Wildman–Crippen LogP) is 3.98. The van der Waals surface area contributed by atoms with E-state index in [0.29, 0.717) is 18.1 Å². The summed E-state index contributed by atoms with van der Waals surface area (Å²) < 4.78 is 11.7. The number of likely N-dealkylation sites (tertiary alicyclic amines) is 1. The Labute approximate surface area is 176 Å². The van der Waals surface area contributed by atoms with Crippen LogP contribution in [0.5, 0.6) is 0 Å². The molecule has 0 saturated carbocycles. The van der Waals surface area contributed by atoms with Crippen molar-refractivity contribution >= 4 is 5.96 Å². The van der Waals surface area contributed by atoms with E-state index in [1.54, 1.807) is 0 Å². The lowest BCUT2D eigenvalue weighted by Gasteiger charge is -2.34. The summed E-state index contributed by atoms with van der Waals surface area (Å²) >= 11 is 0. The lowest BCUT2D eigenvalue weighted by molar-refractivity contribution is -0.0367. The van der Waals surface area contributed by atoms with Crippen LogP contribution in [0, 0.1) is 0 Å². The van der Waals surface area contributed by atoms with Crippen LogP contribution in [0.25, 0.3) is 0 Å². The molecule has 2 aliphatic heterocycles. The summed E-state index contributed by atoms with van der Waals surface area (Å²) in [4.78, 5) is 6.86. The number of ether oxygens (including phenoxy) is 2. The molecule has 1 atom stereocenters. The number of aliphatic imine (C=N–C) groups is 1. The number of piperidine rings is 1. The van der Waals surface area contributed by atoms with E-state index in [1.165, 1.54) is 17.5 Å². The maximum absolute atomic E-state index is 6.09. The fraction of sp³-hybridized carbons (Fsp3) is 0.708. The Balaban J connectivity index is 1.32. The summed E-state index contributed by atoms with van der Waals surface area (Å²) in [6.07, 6.45) is 7.36. The average Bonchev–Trinajstić information content (AvgIpc) is 3.27. The monoisotopic (exact) mass is 401 g/mol. The van der Waals surface area contributed by atoms with E-state index in [0.717, 1.165) is 70.9 Å². The van der Waals surface area contributed by atoms with Gasteiger partial charge >= 0.3 is 0 Å². The summed E-state index contributed by atoms with van der Waals surface area (Å²) in [6.45, 7) is 9.10. The molecule has 1 unspecified atom stereocenters. The van der Waals surface area contributed by atoms with Crippen molar-refractivity contribution in [2.75, 3.05) is 39.9 Å². The molecule has 1 aromatic carbocycles. The smallest absolute Gasteiger partial charge is 0.193 e. The SMILES string of the molecule is CN=C(NCCCc1ccc(C(C)C)cc1)N1CCC(OCC2CCCO2)CC1. The van der Waals surface area contributed by atoms with Crippen LogP contribution >= 0.6 is 0 Å². The van der Waals surface area contributed by atoms with Gasteiger partial charge in [0.05, 0.1) is 18.8 Å². The zero-order chi connectivity index (χ0) is 20.5. The van der Waals surface area contributed by atoms with Gasteiger partial charge in [0.2, 0.25) is 0 Å². The molecule has 0 spiro atoms. The molecule has 0 bridgehead atoms. The third-order valence-corrected chi connectivity index (χ3v) is 6.07. The fourth-order valence-corrected chi connectivity index (χ4v) is 4.15. The Morgan fingerprint density at radius 3 is 2.59 bits per heavy atom. The highest BCUT2D eigenvalue weighted by molar-refractivity contribution is 5.79. The Morgan fingerprint density at radius 2 is 1.97 bits per heavy atom. The molecule has 5 heteroatoms. The van der Waals surface area contributed by atoms with Crippen LogP contribution in [0.4, 0.5) is 0 Å². The third-order valence-electron chi connectivity index (χ3n) is 6.07. The van der Waals surface area contributed by atoms with Crippen LogP contribution in [-0.4, -0.2) is 63.0 Å². The molecule has 0 aliphatic carbocycles. The van der Waals surface area contributed by atoms with Crippen molar-refractivity contribution in [2.45, 2.75) is 70.5 Å². The van der Waals surface area contributed by atoms with Crippen molar-refractivity contribution in [3.8, 4) is 0 Å². The number of rotatable bonds is 8. The lowest BCUT2D eigenvalue weighted by atomic mass is 10.0. The first-order chi connectivity index (χ1) is 14.2. The third kappa shape index (κ3) is 7.00. The molecule has 0 amide bonds. The van der Waals surface area contributed by atoms with E-state index >= 15 is 0 Å². The minimum Gasteiger partial charge on any atom is -0.376 e. The molecular weight excluding hydrogens is 362 g/mol. The Hall–Kier alpha value is -1.59. The quantitative estimate of drug-likeness (QED) is 0.407. The van der Waals surface area contributed by atoms with Crippen molar-refractivity contribution in [1.82, 2.24) is 10.2 Å². The van der Waals surface area contributed by atoms with Crippen molar-refractivity contribution in [3.05, 3.63) is 35.4 Å². The topological polar surface area (TPSA) is 46.1 Å². The van der Waals surface area contributed by atoms with Crippen LogP contribution in [0.3, 0.4) is 0 Å². The highest BCUT2D eigenvalue weighted by Gasteiger charge is 2.24. The van der Waals surface area contributed by atoms with Crippen LogP contribution in [0.15, 0.2) is 29.3 Å². The van der Waals surface area contributed by atoms with Gasteiger partial charge in [-0.25, -0.2) is 0 Å². The summed E-state index contributed by atoms with van der Waals surface area (Å²) in [5, 5.41) is 3.55. The van der Waals surface area contributed by atoms with E-state index in [-0.39, 0.29) is 0 Å². The number of guanidine groups is 1. The highest BCUT2D eigenvalue weighted by Crippen LogP contribution is 2.18. The van der Waals surface area contributed by atoms with Gasteiger partial charge in [-0.1, -0.05) is 38.1 Å². The summed E-state index contributed by atoms with van der Waals surface area (Å²) in [7, 11) is 1.88. The van der Waals surface area contributed by atoms with Crippen LogP contribution in [-0.2, 0) is 15.9 Å². The molecule has 0 aromatic heterocycles. The molecule has 3 rings (SSSR count). The second-order valence-electron chi connectivity index (χ2n) is 8.63. The molecule has 5 nitrogen and oxygen atoms in total. The largest absolute Gasteiger partial charge is 0.376 e. The van der Waals surface area contributed by atoms with Crippen LogP contribution < -0.4 is 5.32 Å². The van der Waals surface area contributed by atoms with Gasteiger partial charge in [-0.05, 0) is 55.6 Å². The molecule has 29 heavy (non-hydrogen) atoms. The van der Waals surface area contributed by atoms with Crippen molar-refractivity contribution < 1.29 is 9.47 Å². The summed E-state index contributed by atoms with van der Waals surface area (Å²) in [5.74, 6) is 1.62. The van der Waals surface area contributed by atoms with Gasteiger partial charge in [0.15, 0.2) is 5.96 Å². The molecule has 2 aliphatic rings. The summed E-state index contributed by atoms with van der Waals surface area (Å²) in [5.41, 5.74) is 2.82. The zero-order valence-corrected chi connectivity index (χ0v) is 18.5. The van der Waals surface area contributed by atoms with Gasteiger partial charge in [0.25, 0.3) is 0 Å². The highest BCUT2D eigenvalue weighted by atomic mass is 16.5. The number of hydrogen-bond acceptors (Lipinski definition) is 3. The van der Waals surface area contributed by atoms with Crippen molar-refractivity contribution in [2.24, 2.45) is 4.99 Å².